The molecule has 7 nitrogen and oxygen atoms in total. The first-order valence-corrected chi connectivity index (χ1v) is 2.60. The summed E-state index contributed by atoms with van der Waals surface area (Å²) in [7, 11) is 0. The second-order valence-corrected chi connectivity index (χ2v) is 1.39. The quantitative estimate of drug-likeness (QED) is 0.448. The van der Waals surface area contributed by atoms with E-state index in [0.717, 1.165) is 13.8 Å². The van der Waals surface area contributed by atoms with Gasteiger partial charge >= 0.3 is 22.8 Å². The zero-order valence-corrected chi connectivity index (χ0v) is 8.07. The molecule has 0 aliphatic carbocycles. The van der Waals surface area contributed by atoms with Crippen molar-refractivity contribution in [1.29, 1.82) is 0 Å². The van der Waals surface area contributed by atoms with Crippen molar-refractivity contribution in [3.8, 4) is 0 Å². The number of carbonyl (C=O) groups excluding carboxylic acids is 3. The molecule has 0 fully saturated rings. The fourth-order valence-corrected chi connectivity index (χ4v) is 0. The third-order valence-electron chi connectivity index (χ3n) is 0. The van der Waals surface area contributed by atoms with Crippen LogP contribution < -0.4 is 21.7 Å². The summed E-state index contributed by atoms with van der Waals surface area (Å²) in [4.78, 5) is 26.8. The second kappa shape index (κ2) is 17.0. The number of carboxylic acid groups (broad SMARTS) is 2. The van der Waals surface area contributed by atoms with Crippen LogP contribution in [0.25, 0.3) is 0 Å². The van der Waals surface area contributed by atoms with Crippen molar-refractivity contribution >= 4 is 18.0 Å². The van der Waals surface area contributed by atoms with Gasteiger partial charge in [0.05, 0.1) is 0 Å². The van der Waals surface area contributed by atoms with Crippen molar-refractivity contribution < 1.29 is 41.4 Å². The van der Waals surface area contributed by atoms with Gasteiger partial charge in [-0.05, 0) is 13.8 Å². The van der Waals surface area contributed by atoms with E-state index in [1.807, 2.05) is 0 Å². The van der Waals surface area contributed by atoms with Crippen LogP contribution in [0.3, 0.4) is 0 Å². The minimum Gasteiger partial charge on any atom is -0.550 e. The van der Waals surface area contributed by atoms with Crippen LogP contribution in [0.1, 0.15) is 13.8 Å². The molecule has 0 aliphatic rings. The molecule has 1 radical (unpaired) electrons. The number of hydrogen-bond acceptors (Lipinski definition) is 5. The molecule has 0 aromatic rings. The number of carboxylic acids is 2. The third-order valence-corrected chi connectivity index (χ3v) is 0. The minimum atomic E-state index is -1.08. The van der Waals surface area contributed by atoms with Crippen LogP contribution in [0.4, 0.5) is 4.79 Å². The molecule has 0 spiro atoms. The van der Waals surface area contributed by atoms with Crippen LogP contribution in [-0.4, -0.2) is 18.0 Å². The van der Waals surface area contributed by atoms with E-state index in [9.17, 15) is 0 Å². The zero-order chi connectivity index (χ0) is 10.7. The number of primary amides is 2. The topological polar surface area (TPSA) is 149 Å². The molecule has 0 aromatic carbocycles. The van der Waals surface area contributed by atoms with Gasteiger partial charge in [-0.15, -0.1) is 0 Å². The second-order valence-electron chi connectivity index (χ2n) is 1.39. The summed E-state index contributed by atoms with van der Waals surface area (Å²) in [6.45, 7) is 1.94. The zero-order valence-electron chi connectivity index (χ0n) is 7.03. The van der Waals surface area contributed by atoms with Crippen molar-refractivity contribution in [3.63, 3.8) is 0 Å². The molecule has 8 heteroatoms. The Balaban J connectivity index is -0.0000000450. The minimum absolute atomic E-state index is 0. The van der Waals surface area contributed by atoms with E-state index in [4.69, 9.17) is 24.6 Å². The van der Waals surface area contributed by atoms with Crippen LogP contribution in [0.2, 0.25) is 0 Å². The Morgan fingerprint density at radius 3 is 0.923 bits per heavy atom. The van der Waals surface area contributed by atoms with E-state index >= 15 is 0 Å². The van der Waals surface area contributed by atoms with Crippen molar-refractivity contribution in [3.05, 3.63) is 0 Å². The Kier molecular flexibility index (Phi) is 29.5. The smallest absolute Gasteiger partial charge is 0.550 e. The summed E-state index contributed by atoms with van der Waals surface area (Å²) in [5.41, 5.74) is 8.50. The number of amides is 2. The Bertz CT molecular complexity index is 120. The van der Waals surface area contributed by atoms with Gasteiger partial charge < -0.3 is 31.3 Å². The van der Waals surface area contributed by atoms with E-state index < -0.39 is 18.0 Å². The third kappa shape index (κ3) is 494. The van der Waals surface area contributed by atoms with Gasteiger partial charge in [-0.2, -0.15) is 0 Å². The predicted molar refractivity (Wildman–Crippen MR) is 35.1 cm³/mol. The molecule has 0 saturated carbocycles. The monoisotopic (exact) mass is 237 g/mol. The van der Waals surface area contributed by atoms with Crippen LogP contribution in [-0.2, 0) is 26.4 Å². The first-order valence-electron chi connectivity index (χ1n) is 2.60. The van der Waals surface area contributed by atoms with Crippen molar-refractivity contribution in [2.45, 2.75) is 13.8 Å². The molecule has 2 amide bonds. The summed E-state index contributed by atoms with van der Waals surface area (Å²) < 4.78 is 0. The number of urea groups is 1. The molecule has 0 heterocycles. The molecular weight excluding hydrogens is 227 g/mol. The van der Waals surface area contributed by atoms with Gasteiger partial charge in [0.25, 0.3) is 0 Å². The molecule has 0 saturated heterocycles. The normalized spacial score (nSPS) is 5.69. The fourth-order valence-electron chi connectivity index (χ4n) is 0. The van der Waals surface area contributed by atoms with Gasteiger partial charge in [0, 0.05) is 11.9 Å². The average Bonchev–Trinajstić information content (AvgIpc) is 1.54. The van der Waals surface area contributed by atoms with Crippen LogP contribution in [0.5, 0.6) is 0 Å². The summed E-state index contributed by atoms with van der Waals surface area (Å²) in [6, 6.07) is -0.833. The first kappa shape index (κ1) is 22.6. The SMILES string of the molecule is CC(=O)[O-].CC(=O)[O-].NC(N)=O.[Co+2]. The number of carbonyl (C=O) groups is 3. The van der Waals surface area contributed by atoms with Crippen LogP contribution in [0.15, 0.2) is 0 Å². The van der Waals surface area contributed by atoms with E-state index in [1.165, 1.54) is 0 Å². The van der Waals surface area contributed by atoms with E-state index in [1.54, 1.807) is 0 Å². The standard InChI is InChI=1S/2C2H4O2.CH4N2O.Co/c2*1-2(3)4;2-1(3)4;/h2*1H3,(H,3,4);(H4,2,3,4);/q;;;+2/p-2. The van der Waals surface area contributed by atoms with Crippen molar-refractivity contribution in [1.82, 2.24) is 0 Å². The largest absolute Gasteiger partial charge is 2.00 e. The number of aliphatic carboxylic acids is 2. The Hall–Kier alpha value is -1.28. The Morgan fingerprint density at radius 2 is 0.923 bits per heavy atom. The average molecular weight is 237 g/mol. The Morgan fingerprint density at radius 1 is 0.923 bits per heavy atom. The molecule has 79 valence electrons. The maximum atomic E-state index is 9.00. The van der Waals surface area contributed by atoms with Gasteiger partial charge in [0.2, 0.25) is 0 Å². The molecule has 0 aromatic heterocycles. The van der Waals surface area contributed by atoms with Crippen molar-refractivity contribution in [2.75, 3.05) is 0 Å². The van der Waals surface area contributed by atoms with Crippen molar-refractivity contribution in [2.24, 2.45) is 11.5 Å². The molecule has 0 unspecified atom stereocenters. The van der Waals surface area contributed by atoms with E-state index in [0.29, 0.717) is 0 Å². The first-order chi connectivity index (χ1) is 5.20. The number of nitrogens with two attached hydrogens (primary N) is 2. The maximum absolute atomic E-state index is 9.00. The predicted octanol–water partition coefficient (Wildman–Crippen LogP) is -3.47. The maximum Gasteiger partial charge on any atom is 2.00 e. The summed E-state index contributed by atoms with van der Waals surface area (Å²) in [5, 5.41) is 17.8. The fraction of sp³-hybridized carbons (Fsp3) is 0.400. The molecular formula is C5H10CoN2O5. The van der Waals surface area contributed by atoms with Gasteiger partial charge in [0.15, 0.2) is 0 Å². The molecule has 0 bridgehead atoms. The van der Waals surface area contributed by atoms with Gasteiger partial charge in [-0.3, -0.25) is 0 Å². The number of hydrogen-bond donors (Lipinski definition) is 2. The molecule has 0 rings (SSSR count). The Labute approximate surface area is 85.3 Å². The number of rotatable bonds is 0. The summed E-state index contributed by atoms with van der Waals surface area (Å²) >= 11 is 0. The van der Waals surface area contributed by atoms with Gasteiger partial charge in [-0.25, -0.2) is 4.79 Å². The van der Waals surface area contributed by atoms with Gasteiger partial charge in [0.1, 0.15) is 0 Å². The molecule has 13 heavy (non-hydrogen) atoms. The van der Waals surface area contributed by atoms with Gasteiger partial charge in [-0.1, -0.05) is 0 Å². The molecule has 0 atom stereocenters. The van der Waals surface area contributed by atoms with Crippen LogP contribution >= 0.6 is 0 Å². The van der Waals surface area contributed by atoms with E-state index in [2.05, 4.69) is 11.5 Å². The molecule has 4 N–H and O–H groups in total. The van der Waals surface area contributed by atoms with E-state index in [-0.39, 0.29) is 16.8 Å². The molecule has 0 aliphatic heterocycles. The summed E-state index contributed by atoms with van der Waals surface area (Å²) in [5.74, 6) is -2.17. The summed E-state index contributed by atoms with van der Waals surface area (Å²) in [6.07, 6.45) is 0. The van der Waals surface area contributed by atoms with Crippen LogP contribution in [0, 0.1) is 0 Å².